The fraction of sp³-hybridized carbons (Fsp3) is 0.263. The second-order valence-corrected chi connectivity index (χ2v) is 5.09. The van der Waals surface area contributed by atoms with Crippen LogP contribution in [-0.2, 0) is 4.74 Å². The van der Waals surface area contributed by atoms with Crippen LogP contribution in [-0.4, -0.2) is 23.3 Å². The molecule has 0 saturated heterocycles. The summed E-state index contributed by atoms with van der Waals surface area (Å²) in [6.45, 7) is 7.23. The molecular formula is C19H23N3O2. The zero-order chi connectivity index (χ0) is 17.0. The minimum Gasteiger partial charge on any atom is -0.473 e. The van der Waals surface area contributed by atoms with Crippen LogP contribution in [0.5, 0.6) is 0 Å². The lowest BCUT2D eigenvalue weighted by atomic mass is 10.2. The van der Waals surface area contributed by atoms with E-state index in [-0.39, 0.29) is 0 Å². The molecule has 0 bridgehead atoms. The minimum atomic E-state index is 0.526. The second kappa shape index (κ2) is 10.0. The van der Waals surface area contributed by atoms with Gasteiger partial charge in [-0.1, -0.05) is 35.4 Å². The molecule has 0 atom stereocenters. The molecule has 126 valence electrons. The van der Waals surface area contributed by atoms with Crippen LogP contribution in [0, 0.1) is 0 Å². The van der Waals surface area contributed by atoms with E-state index < -0.39 is 0 Å². The largest absolute Gasteiger partial charge is 0.473 e. The van der Waals surface area contributed by atoms with Gasteiger partial charge in [0.2, 0.25) is 5.89 Å². The lowest BCUT2D eigenvalue weighted by molar-refractivity contribution is 0.400. The van der Waals surface area contributed by atoms with Crippen molar-refractivity contribution >= 4 is 6.01 Å². The van der Waals surface area contributed by atoms with Gasteiger partial charge in [-0.2, -0.15) is 0 Å². The van der Waals surface area contributed by atoms with E-state index in [0.717, 1.165) is 31.5 Å². The topological polar surface area (TPSA) is 51.4 Å². The number of allylic oxidation sites excluding steroid dienone is 1. The Kier molecular flexibility index (Phi) is 7.34. The Hall–Kier alpha value is -2.82. The van der Waals surface area contributed by atoms with Crippen LogP contribution in [0.1, 0.15) is 19.8 Å². The summed E-state index contributed by atoms with van der Waals surface area (Å²) >= 11 is 0. The van der Waals surface area contributed by atoms with Crippen LogP contribution in [0.2, 0.25) is 0 Å². The molecule has 0 amide bonds. The molecule has 24 heavy (non-hydrogen) atoms. The fourth-order valence-corrected chi connectivity index (χ4v) is 2.07. The summed E-state index contributed by atoms with van der Waals surface area (Å²) in [6, 6.07) is 10.3. The average Bonchev–Trinajstić information content (AvgIpc) is 3.11. The third-order valence-corrected chi connectivity index (χ3v) is 3.26. The van der Waals surface area contributed by atoms with Gasteiger partial charge in [-0.05, 0) is 38.0 Å². The van der Waals surface area contributed by atoms with E-state index in [9.17, 15) is 0 Å². The van der Waals surface area contributed by atoms with Crippen molar-refractivity contribution in [2.24, 2.45) is 0 Å². The van der Waals surface area contributed by atoms with Crippen LogP contribution in [0.15, 0.2) is 72.1 Å². The van der Waals surface area contributed by atoms with Gasteiger partial charge in [0.05, 0.1) is 12.5 Å². The Bertz CT molecular complexity index is 662. The molecule has 2 rings (SSSR count). The quantitative estimate of drug-likeness (QED) is 0.473. The van der Waals surface area contributed by atoms with E-state index in [4.69, 9.17) is 9.15 Å². The molecule has 0 aliphatic rings. The molecule has 5 nitrogen and oxygen atoms in total. The van der Waals surface area contributed by atoms with Gasteiger partial charge >= 0.3 is 6.01 Å². The third-order valence-electron chi connectivity index (χ3n) is 3.26. The van der Waals surface area contributed by atoms with Gasteiger partial charge < -0.3 is 14.1 Å². The normalized spacial score (nSPS) is 11.2. The van der Waals surface area contributed by atoms with E-state index in [0.29, 0.717) is 11.9 Å². The van der Waals surface area contributed by atoms with Gasteiger partial charge in [0.1, 0.15) is 0 Å². The lowest BCUT2D eigenvalue weighted by Crippen LogP contribution is -2.25. The number of hydrogen-bond acceptors (Lipinski definition) is 5. The molecule has 0 saturated carbocycles. The van der Waals surface area contributed by atoms with Crippen molar-refractivity contribution in [3.63, 3.8) is 0 Å². The number of benzene rings is 1. The fourth-order valence-electron chi connectivity index (χ4n) is 2.07. The monoisotopic (exact) mass is 325 g/mol. The Morgan fingerprint density at radius 3 is 2.67 bits per heavy atom. The van der Waals surface area contributed by atoms with Crippen molar-refractivity contribution < 1.29 is 9.15 Å². The zero-order valence-electron chi connectivity index (χ0n) is 14.0. The molecule has 0 aliphatic heterocycles. The molecule has 1 heterocycles. The molecule has 0 aliphatic carbocycles. The molecule has 5 heteroatoms. The molecular weight excluding hydrogens is 302 g/mol. The summed E-state index contributed by atoms with van der Waals surface area (Å²) in [5.41, 5.74) is 0.916. The summed E-state index contributed by atoms with van der Waals surface area (Å²) in [5.74, 6) is 0.529. The Labute approximate surface area is 143 Å². The van der Waals surface area contributed by atoms with Crippen LogP contribution in [0.25, 0.3) is 11.5 Å². The highest BCUT2D eigenvalue weighted by Crippen LogP contribution is 2.22. The van der Waals surface area contributed by atoms with E-state index in [1.54, 1.807) is 12.5 Å². The summed E-state index contributed by atoms with van der Waals surface area (Å²) in [6.07, 6.45) is 10.7. The van der Waals surface area contributed by atoms with Gasteiger partial charge in [-0.15, -0.1) is 11.7 Å². The molecule has 1 aromatic carbocycles. The lowest BCUT2D eigenvalue weighted by Gasteiger charge is -2.18. The van der Waals surface area contributed by atoms with Crippen molar-refractivity contribution in [3.8, 4) is 11.5 Å². The maximum absolute atomic E-state index is 5.83. The molecule has 0 spiro atoms. The van der Waals surface area contributed by atoms with Gasteiger partial charge in [-0.3, -0.25) is 0 Å². The van der Waals surface area contributed by atoms with Gasteiger partial charge in [0.25, 0.3) is 0 Å². The molecule has 2 aromatic rings. The number of rotatable bonds is 10. The second-order valence-electron chi connectivity index (χ2n) is 5.09. The first kappa shape index (κ1) is 17.5. The number of aromatic nitrogens is 2. The van der Waals surface area contributed by atoms with E-state index in [1.165, 1.54) is 0 Å². The molecule has 0 N–H and O–H groups in total. The Balaban J connectivity index is 2.00. The number of hydrogen-bond donors (Lipinski definition) is 0. The van der Waals surface area contributed by atoms with Crippen molar-refractivity contribution in [2.75, 3.05) is 18.0 Å². The molecule has 0 fully saturated rings. The van der Waals surface area contributed by atoms with Gasteiger partial charge in [0.15, 0.2) is 0 Å². The molecule has 0 unspecified atom stereocenters. The SMILES string of the molecule is C=CCCN(CC/C=C/O/C=C/C)c1nnc(-c2ccccc2)o1. The number of anilines is 1. The standard InChI is InChI=1S/C19H23N3O2/c1-3-5-13-22(14-9-10-16-23-15-4-2)19-21-20-18(24-19)17-11-7-6-8-12-17/h3-4,6-8,10-12,15-16H,1,5,9,13-14H2,2H3/b15-4+,16-10+. The van der Waals surface area contributed by atoms with Gasteiger partial charge in [-0.25, -0.2) is 0 Å². The number of nitrogens with zero attached hydrogens (tertiary/aromatic N) is 3. The van der Waals surface area contributed by atoms with Crippen LogP contribution >= 0.6 is 0 Å². The predicted molar refractivity (Wildman–Crippen MR) is 96.4 cm³/mol. The zero-order valence-corrected chi connectivity index (χ0v) is 14.0. The molecule has 0 radical (unpaired) electrons. The van der Waals surface area contributed by atoms with Gasteiger partial charge in [0, 0.05) is 18.7 Å². The first-order valence-electron chi connectivity index (χ1n) is 8.01. The van der Waals surface area contributed by atoms with Crippen molar-refractivity contribution in [2.45, 2.75) is 19.8 Å². The van der Waals surface area contributed by atoms with Crippen LogP contribution in [0.3, 0.4) is 0 Å². The van der Waals surface area contributed by atoms with E-state index in [2.05, 4.69) is 21.7 Å². The van der Waals surface area contributed by atoms with E-state index >= 15 is 0 Å². The highest BCUT2D eigenvalue weighted by Gasteiger charge is 2.14. The Morgan fingerprint density at radius 1 is 1.12 bits per heavy atom. The first-order valence-corrected chi connectivity index (χ1v) is 8.01. The van der Waals surface area contributed by atoms with E-state index in [1.807, 2.05) is 55.5 Å². The average molecular weight is 325 g/mol. The highest BCUT2D eigenvalue weighted by atomic mass is 16.5. The first-order chi connectivity index (χ1) is 11.8. The summed E-state index contributed by atoms with van der Waals surface area (Å²) in [4.78, 5) is 2.06. The summed E-state index contributed by atoms with van der Waals surface area (Å²) in [7, 11) is 0. The van der Waals surface area contributed by atoms with Crippen molar-refractivity contribution in [3.05, 3.63) is 67.7 Å². The smallest absolute Gasteiger partial charge is 0.318 e. The minimum absolute atomic E-state index is 0.526. The van der Waals surface area contributed by atoms with Crippen LogP contribution < -0.4 is 4.90 Å². The third kappa shape index (κ3) is 5.43. The molecule has 1 aromatic heterocycles. The Morgan fingerprint density at radius 2 is 1.92 bits per heavy atom. The maximum Gasteiger partial charge on any atom is 0.318 e. The maximum atomic E-state index is 5.83. The number of ether oxygens (including phenoxy) is 1. The highest BCUT2D eigenvalue weighted by molar-refractivity contribution is 5.53. The summed E-state index contributed by atoms with van der Waals surface area (Å²) in [5, 5.41) is 8.33. The van der Waals surface area contributed by atoms with Crippen LogP contribution in [0.4, 0.5) is 6.01 Å². The van der Waals surface area contributed by atoms with Crippen molar-refractivity contribution in [1.82, 2.24) is 10.2 Å². The predicted octanol–water partition coefficient (Wildman–Crippen LogP) is 4.57. The summed E-state index contributed by atoms with van der Waals surface area (Å²) < 4.78 is 11.0. The van der Waals surface area contributed by atoms with Crippen molar-refractivity contribution in [1.29, 1.82) is 0 Å².